The van der Waals surface area contributed by atoms with E-state index in [2.05, 4.69) is 33.9 Å². The summed E-state index contributed by atoms with van der Waals surface area (Å²) in [5.74, 6) is 0. The first kappa shape index (κ1) is 15.5. The quantitative estimate of drug-likeness (QED) is 0.832. The molecule has 0 unspecified atom stereocenters. The first-order valence-electron chi connectivity index (χ1n) is 6.63. The van der Waals surface area contributed by atoms with E-state index in [1.54, 1.807) is 6.82 Å². The van der Waals surface area contributed by atoms with E-state index >= 15 is 0 Å². The van der Waals surface area contributed by atoms with E-state index in [-0.39, 0.29) is 5.04 Å². The van der Waals surface area contributed by atoms with Gasteiger partial charge in [-0.1, -0.05) is 20.8 Å². The molecule has 1 aromatic heterocycles. The van der Waals surface area contributed by atoms with Crippen molar-refractivity contribution in [1.82, 2.24) is 4.48 Å². The second-order valence-corrected chi connectivity index (χ2v) is 11.2. The van der Waals surface area contributed by atoms with Crippen molar-refractivity contribution in [3.05, 3.63) is 24.0 Å². The predicted octanol–water partition coefficient (Wildman–Crippen LogP) is 3.01. The van der Waals surface area contributed by atoms with Crippen molar-refractivity contribution in [3.63, 3.8) is 0 Å². The van der Waals surface area contributed by atoms with Gasteiger partial charge in [0.15, 0.2) is 8.32 Å². The number of nitrogens with zero attached hydrogens (tertiary/aromatic N) is 1. The molecule has 0 aliphatic rings. The number of aromatic nitrogens is 1. The van der Waals surface area contributed by atoms with Crippen molar-refractivity contribution in [3.8, 4) is 0 Å². The summed E-state index contributed by atoms with van der Waals surface area (Å²) in [4.78, 5) is 0. The number of rotatable bonds is 5. The largest absolute Gasteiger partial charge is 0.432 e. The van der Waals surface area contributed by atoms with E-state index in [1.165, 1.54) is 0 Å². The highest BCUT2D eigenvalue weighted by Gasteiger charge is 2.36. The molecular weight excluding hydrogens is 241 g/mol. The third kappa shape index (κ3) is 3.74. The van der Waals surface area contributed by atoms with Crippen LogP contribution in [0.25, 0.3) is 0 Å². The van der Waals surface area contributed by atoms with Gasteiger partial charge in [-0.2, -0.15) is 0 Å². The summed E-state index contributed by atoms with van der Waals surface area (Å²) in [6.07, 6.45) is 2.76. The highest BCUT2D eigenvalue weighted by Crippen LogP contribution is 2.36. The van der Waals surface area contributed by atoms with Crippen LogP contribution in [-0.4, -0.2) is 31.5 Å². The molecule has 3 nitrogen and oxygen atoms in total. The van der Waals surface area contributed by atoms with Gasteiger partial charge in [-0.3, -0.25) is 0 Å². The molecule has 0 atom stereocenters. The predicted molar refractivity (Wildman–Crippen MR) is 80.5 cm³/mol. The Hall–Kier alpha value is -0.518. The van der Waals surface area contributed by atoms with Crippen LogP contribution in [-0.2, 0) is 10.8 Å². The summed E-state index contributed by atoms with van der Waals surface area (Å²) in [5.41, 5.74) is 1.13. The second kappa shape index (κ2) is 5.63. The molecule has 0 aliphatic heterocycles. The first-order valence-corrected chi connectivity index (χ1v) is 9.54. The van der Waals surface area contributed by atoms with Crippen LogP contribution in [0.4, 0.5) is 0 Å². The lowest BCUT2D eigenvalue weighted by Gasteiger charge is -2.36. The van der Waals surface area contributed by atoms with E-state index in [4.69, 9.17) is 4.43 Å². The van der Waals surface area contributed by atoms with Crippen molar-refractivity contribution in [2.75, 3.05) is 6.61 Å². The minimum atomic E-state index is -1.65. The average molecular weight is 267 g/mol. The molecule has 0 aliphatic carbocycles. The van der Waals surface area contributed by atoms with Gasteiger partial charge in [-0.25, -0.2) is 0 Å². The van der Waals surface area contributed by atoms with Gasteiger partial charge < -0.3 is 13.9 Å². The topological polar surface area (TPSA) is 34.4 Å². The molecule has 102 valence electrons. The standard InChI is InChI=1S/C13H26BNO2Si/c1-13(2,3)18(5,6)17-11-9-12-8-7-10-15(12)14(4)16/h7-8,10,16H,9,11H2,1-6H3. The minimum Gasteiger partial charge on any atom is -0.432 e. The summed E-state index contributed by atoms with van der Waals surface area (Å²) >= 11 is 0. The minimum absolute atomic E-state index is 0.249. The third-order valence-electron chi connectivity index (χ3n) is 3.90. The zero-order chi connectivity index (χ0) is 14.0. The lowest BCUT2D eigenvalue weighted by molar-refractivity contribution is 0.290. The van der Waals surface area contributed by atoms with Crippen molar-refractivity contribution in [2.45, 2.75) is 52.1 Å². The molecule has 0 aromatic carbocycles. The second-order valence-electron chi connectivity index (χ2n) is 6.40. The molecule has 1 aromatic rings. The van der Waals surface area contributed by atoms with Crippen molar-refractivity contribution >= 4 is 15.4 Å². The highest BCUT2D eigenvalue weighted by molar-refractivity contribution is 6.74. The van der Waals surface area contributed by atoms with E-state index in [1.807, 2.05) is 22.8 Å². The Bertz CT molecular complexity index is 383. The molecule has 0 radical (unpaired) electrons. The summed E-state index contributed by atoms with van der Waals surface area (Å²) in [6.45, 7) is 13.8. The van der Waals surface area contributed by atoms with Crippen LogP contribution in [0.1, 0.15) is 26.5 Å². The maximum atomic E-state index is 9.61. The Kier molecular flexibility index (Phi) is 4.86. The Labute approximate surface area is 112 Å². The zero-order valence-electron chi connectivity index (χ0n) is 12.5. The first-order chi connectivity index (χ1) is 8.15. The van der Waals surface area contributed by atoms with Gasteiger partial charge in [0, 0.05) is 18.7 Å². The summed E-state index contributed by atoms with van der Waals surface area (Å²) < 4.78 is 8.03. The monoisotopic (exact) mass is 267 g/mol. The smallest absolute Gasteiger partial charge is 0.413 e. The van der Waals surface area contributed by atoms with Crippen molar-refractivity contribution < 1.29 is 9.45 Å². The van der Waals surface area contributed by atoms with Gasteiger partial charge in [0.1, 0.15) is 0 Å². The fourth-order valence-electron chi connectivity index (χ4n) is 1.63. The maximum Gasteiger partial charge on any atom is 0.413 e. The van der Waals surface area contributed by atoms with Crippen LogP contribution >= 0.6 is 0 Å². The molecule has 0 fully saturated rings. The van der Waals surface area contributed by atoms with E-state index in [0.717, 1.165) is 18.7 Å². The lowest BCUT2D eigenvalue weighted by atomic mass is 9.87. The van der Waals surface area contributed by atoms with Crippen LogP contribution in [0, 0.1) is 0 Å². The highest BCUT2D eigenvalue weighted by atomic mass is 28.4. The molecule has 0 bridgehead atoms. The van der Waals surface area contributed by atoms with Gasteiger partial charge in [-0.15, -0.1) is 0 Å². The molecule has 5 heteroatoms. The van der Waals surface area contributed by atoms with Crippen molar-refractivity contribution in [2.24, 2.45) is 0 Å². The third-order valence-corrected chi connectivity index (χ3v) is 8.43. The molecule has 0 saturated heterocycles. The molecular formula is C13H26BNO2Si. The van der Waals surface area contributed by atoms with Crippen molar-refractivity contribution in [1.29, 1.82) is 0 Å². The molecule has 1 rings (SSSR count). The van der Waals surface area contributed by atoms with Gasteiger partial charge >= 0.3 is 7.05 Å². The van der Waals surface area contributed by atoms with Gasteiger partial charge in [0.2, 0.25) is 0 Å². The Morgan fingerprint density at radius 1 is 1.39 bits per heavy atom. The fraction of sp³-hybridized carbons (Fsp3) is 0.692. The molecule has 0 saturated carbocycles. The Morgan fingerprint density at radius 3 is 2.50 bits per heavy atom. The Balaban J connectivity index is 2.54. The fourth-order valence-corrected chi connectivity index (χ4v) is 2.68. The van der Waals surface area contributed by atoms with E-state index in [0.29, 0.717) is 0 Å². The number of hydrogen-bond donors (Lipinski definition) is 1. The summed E-state index contributed by atoms with van der Waals surface area (Å²) in [6, 6.07) is 4.01. The number of hydrogen-bond acceptors (Lipinski definition) is 2. The molecule has 1 N–H and O–H groups in total. The zero-order valence-corrected chi connectivity index (χ0v) is 13.5. The van der Waals surface area contributed by atoms with Gasteiger partial charge in [0.25, 0.3) is 0 Å². The lowest BCUT2D eigenvalue weighted by Crippen LogP contribution is -2.41. The Morgan fingerprint density at radius 2 is 2.00 bits per heavy atom. The van der Waals surface area contributed by atoms with E-state index in [9.17, 15) is 5.02 Å². The normalized spacial score (nSPS) is 12.8. The summed E-state index contributed by atoms with van der Waals surface area (Å²) in [7, 11) is -2.12. The van der Waals surface area contributed by atoms with Crippen LogP contribution in [0.15, 0.2) is 18.3 Å². The van der Waals surface area contributed by atoms with Crippen LogP contribution in [0.2, 0.25) is 25.0 Å². The van der Waals surface area contributed by atoms with E-state index < -0.39 is 15.4 Å². The molecule has 18 heavy (non-hydrogen) atoms. The average Bonchev–Trinajstić information content (AvgIpc) is 2.63. The van der Waals surface area contributed by atoms with Gasteiger partial charge in [0.05, 0.1) is 0 Å². The van der Waals surface area contributed by atoms with Crippen LogP contribution in [0.5, 0.6) is 0 Å². The molecule has 0 spiro atoms. The van der Waals surface area contributed by atoms with Crippen LogP contribution < -0.4 is 0 Å². The molecule has 0 amide bonds. The molecule has 1 heterocycles. The van der Waals surface area contributed by atoms with Gasteiger partial charge in [-0.05, 0) is 43.3 Å². The van der Waals surface area contributed by atoms with Crippen LogP contribution in [0.3, 0.4) is 0 Å². The maximum absolute atomic E-state index is 9.61. The summed E-state index contributed by atoms with van der Waals surface area (Å²) in [5, 5.41) is 9.86. The SMILES string of the molecule is CB(O)n1cccc1CCO[Si](C)(C)C(C)(C)C.